The first kappa shape index (κ1) is 25.2. The first-order chi connectivity index (χ1) is 16.4. The van der Waals surface area contributed by atoms with Crippen LogP contribution in [-0.2, 0) is 17.8 Å². The lowest BCUT2D eigenvalue weighted by atomic mass is 10.1. The van der Waals surface area contributed by atoms with Crippen molar-refractivity contribution >= 4 is 34.7 Å². The second-order valence-electron chi connectivity index (χ2n) is 7.81. The molecule has 3 aromatic rings. The second kappa shape index (κ2) is 12.2. The Bertz CT molecular complexity index is 1130. The Hall–Kier alpha value is -3.39. The molecule has 7 nitrogen and oxygen atoms in total. The van der Waals surface area contributed by atoms with Crippen molar-refractivity contribution in [2.45, 2.75) is 33.3 Å². The summed E-state index contributed by atoms with van der Waals surface area (Å²) in [7, 11) is 1.85. The summed E-state index contributed by atoms with van der Waals surface area (Å²) in [5.74, 6) is 0.725. The van der Waals surface area contributed by atoms with Gasteiger partial charge in [0.25, 0.3) is 0 Å². The van der Waals surface area contributed by atoms with Gasteiger partial charge in [0, 0.05) is 24.8 Å². The van der Waals surface area contributed by atoms with Gasteiger partial charge in [-0.15, -0.1) is 5.10 Å². The van der Waals surface area contributed by atoms with E-state index in [-0.39, 0.29) is 24.9 Å². The van der Waals surface area contributed by atoms with Crippen LogP contribution in [-0.4, -0.2) is 36.2 Å². The molecule has 0 spiro atoms. The van der Waals surface area contributed by atoms with Crippen molar-refractivity contribution in [2.75, 3.05) is 30.4 Å². The molecule has 1 aromatic heterocycles. The van der Waals surface area contributed by atoms with Gasteiger partial charge in [-0.25, -0.2) is 4.39 Å². The van der Waals surface area contributed by atoms with E-state index in [1.54, 1.807) is 30.5 Å². The highest BCUT2D eigenvalue weighted by atomic mass is 35.5. The molecule has 0 aliphatic carbocycles. The second-order valence-corrected chi connectivity index (χ2v) is 8.21. The van der Waals surface area contributed by atoms with Crippen molar-refractivity contribution in [3.63, 3.8) is 0 Å². The van der Waals surface area contributed by atoms with Crippen molar-refractivity contribution in [2.24, 2.45) is 0 Å². The fraction of sp³-hybridized carbons (Fsp3) is 0.320. The van der Waals surface area contributed by atoms with E-state index in [1.807, 2.05) is 31.9 Å². The number of benzene rings is 2. The zero-order valence-corrected chi connectivity index (χ0v) is 20.3. The van der Waals surface area contributed by atoms with Crippen LogP contribution in [0.2, 0.25) is 5.02 Å². The number of aromatic nitrogens is 2. The van der Waals surface area contributed by atoms with E-state index in [0.29, 0.717) is 40.8 Å². The Morgan fingerprint density at radius 1 is 1.21 bits per heavy atom. The van der Waals surface area contributed by atoms with Gasteiger partial charge >= 0.3 is 0 Å². The maximum atomic E-state index is 13.4. The van der Waals surface area contributed by atoms with E-state index in [0.717, 1.165) is 17.7 Å². The van der Waals surface area contributed by atoms with Crippen LogP contribution < -0.4 is 20.3 Å². The number of halogens is 2. The van der Waals surface area contributed by atoms with Gasteiger partial charge in [0.05, 0.1) is 23.5 Å². The van der Waals surface area contributed by atoms with Crippen LogP contribution in [0, 0.1) is 5.82 Å². The molecule has 0 aliphatic heterocycles. The number of hydrogen-bond acceptors (Lipinski definition) is 6. The van der Waals surface area contributed by atoms with Crippen LogP contribution in [0.5, 0.6) is 5.75 Å². The van der Waals surface area contributed by atoms with Gasteiger partial charge in [-0.3, -0.25) is 4.79 Å². The molecule has 2 N–H and O–H groups in total. The zero-order valence-electron chi connectivity index (χ0n) is 19.6. The van der Waals surface area contributed by atoms with E-state index in [2.05, 4.69) is 20.8 Å². The number of nitrogens with zero attached hydrogens (tertiary/aromatic N) is 3. The number of nitrogens with one attached hydrogen (secondary N) is 2. The molecule has 0 aliphatic rings. The Morgan fingerprint density at radius 2 is 2.03 bits per heavy atom. The van der Waals surface area contributed by atoms with Crippen molar-refractivity contribution in [3.8, 4) is 5.75 Å². The fourth-order valence-electron chi connectivity index (χ4n) is 3.42. The van der Waals surface area contributed by atoms with Crippen LogP contribution in [0.15, 0.2) is 48.7 Å². The normalized spacial score (nSPS) is 10.6. The summed E-state index contributed by atoms with van der Waals surface area (Å²) in [4.78, 5) is 14.0. The molecule has 9 heteroatoms. The van der Waals surface area contributed by atoms with Crippen LogP contribution in [0.3, 0.4) is 0 Å². The molecule has 0 bridgehead atoms. The predicted molar refractivity (Wildman–Crippen MR) is 133 cm³/mol. The smallest absolute Gasteiger partial charge is 0.239 e. The molecule has 1 amide bonds. The van der Waals surface area contributed by atoms with Crippen LogP contribution in [0.1, 0.15) is 31.4 Å². The average Bonchev–Trinajstić information content (AvgIpc) is 2.82. The third-order valence-corrected chi connectivity index (χ3v) is 5.42. The predicted octanol–water partition coefficient (Wildman–Crippen LogP) is 5.12. The Labute approximate surface area is 204 Å². The Morgan fingerprint density at radius 3 is 2.74 bits per heavy atom. The first-order valence-electron chi connectivity index (χ1n) is 11.2. The summed E-state index contributed by atoms with van der Waals surface area (Å²) in [6.07, 6.45) is 3.24. The molecule has 0 unspecified atom stereocenters. The van der Waals surface area contributed by atoms with E-state index < -0.39 is 0 Å². The summed E-state index contributed by atoms with van der Waals surface area (Å²) >= 11 is 6.42. The molecule has 180 valence electrons. The molecular formula is C25H29ClFN5O2. The summed E-state index contributed by atoms with van der Waals surface area (Å²) in [5, 5.41) is 14.9. The van der Waals surface area contributed by atoms with Gasteiger partial charge in [0.2, 0.25) is 5.91 Å². The zero-order chi connectivity index (χ0) is 24.5. The number of carbonyl (C=O) groups excluding carboxylic acids is 1. The molecule has 0 fully saturated rings. The van der Waals surface area contributed by atoms with Gasteiger partial charge in [0.15, 0.2) is 5.82 Å². The SMILES string of the molecule is CCCNC(=O)CN(C)c1cnnc(Nc2ccc(OCc3cccc(F)c3)c(Cl)c2)c1CC. The molecule has 2 aromatic carbocycles. The van der Waals surface area contributed by atoms with Crippen LogP contribution in [0.4, 0.5) is 21.6 Å². The topological polar surface area (TPSA) is 79.4 Å². The van der Waals surface area contributed by atoms with Gasteiger partial charge in [-0.05, 0) is 48.7 Å². The highest BCUT2D eigenvalue weighted by molar-refractivity contribution is 6.32. The van der Waals surface area contributed by atoms with Gasteiger partial charge < -0.3 is 20.3 Å². The van der Waals surface area contributed by atoms with E-state index in [4.69, 9.17) is 16.3 Å². The van der Waals surface area contributed by atoms with Gasteiger partial charge in [-0.2, -0.15) is 5.10 Å². The van der Waals surface area contributed by atoms with Gasteiger partial charge in [-0.1, -0.05) is 37.6 Å². The van der Waals surface area contributed by atoms with E-state index >= 15 is 0 Å². The van der Waals surface area contributed by atoms with E-state index in [9.17, 15) is 9.18 Å². The number of amides is 1. The molecule has 0 saturated carbocycles. The highest BCUT2D eigenvalue weighted by Gasteiger charge is 2.16. The van der Waals surface area contributed by atoms with Crippen LogP contribution in [0.25, 0.3) is 0 Å². The fourth-order valence-corrected chi connectivity index (χ4v) is 3.66. The average molecular weight is 486 g/mol. The summed E-state index contributed by atoms with van der Waals surface area (Å²) in [6, 6.07) is 11.5. The Balaban J connectivity index is 1.71. The molecular weight excluding hydrogens is 457 g/mol. The van der Waals surface area contributed by atoms with E-state index in [1.165, 1.54) is 12.1 Å². The van der Waals surface area contributed by atoms with Gasteiger partial charge in [0.1, 0.15) is 18.2 Å². The minimum absolute atomic E-state index is 0.0432. The molecule has 0 radical (unpaired) electrons. The lowest BCUT2D eigenvalue weighted by Gasteiger charge is -2.22. The standard InChI is InChI=1S/C25H29ClFN5O2/c1-4-11-28-24(33)15-32(3)22-14-29-31-25(20(22)5-2)30-19-9-10-23(21(26)13-19)34-16-17-7-6-8-18(27)12-17/h6-10,12-14H,4-5,11,15-16H2,1-3H3,(H,28,33)(H,30,31). The maximum absolute atomic E-state index is 13.4. The number of hydrogen-bond donors (Lipinski definition) is 2. The number of anilines is 3. The summed E-state index contributed by atoms with van der Waals surface area (Å²) in [5.41, 5.74) is 3.19. The summed E-state index contributed by atoms with van der Waals surface area (Å²) < 4.78 is 19.1. The lowest BCUT2D eigenvalue weighted by Crippen LogP contribution is -2.36. The number of carbonyl (C=O) groups is 1. The molecule has 1 heterocycles. The van der Waals surface area contributed by atoms with Crippen molar-refractivity contribution in [3.05, 3.63) is 70.6 Å². The first-order valence-corrected chi connectivity index (χ1v) is 11.5. The lowest BCUT2D eigenvalue weighted by molar-refractivity contribution is -0.119. The van der Waals surface area contributed by atoms with Crippen molar-refractivity contribution in [1.82, 2.24) is 15.5 Å². The third-order valence-electron chi connectivity index (χ3n) is 5.13. The van der Waals surface area contributed by atoms with Crippen molar-refractivity contribution in [1.29, 1.82) is 0 Å². The van der Waals surface area contributed by atoms with Crippen molar-refractivity contribution < 1.29 is 13.9 Å². The maximum Gasteiger partial charge on any atom is 0.239 e. The Kier molecular flexibility index (Phi) is 9.04. The number of ether oxygens (including phenoxy) is 1. The molecule has 34 heavy (non-hydrogen) atoms. The largest absolute Gasteiger partial charge is 0.487 e. The molecule has 3 rings (SSSR count). The van der Waals surface area contributed by atoms with Crippen LogP contribution >= 0.6 is 11.6 Å². The molecule has 0 saturated heterocycles. The monoisotopic (exact) mass is 485 g/mol. The third kappa shape index (κ3) is 6.81. The number of likely N-dealkylation sites (N-methyl/N-ethyl adjacent to an activating group) is 1. The molecule has 0 atom stereocenters. The quantitative estimate of drug-likeness (QED) is 0.392. The minimum atomic E-state index is -0.311. The summed E-state index contributed by atoms with van der Waals surface area (Å²) in [6.45, 7) is 5.11. The minimum Gasteiger partial charge on any atom is -0.487 e. The highest BCUT2D eigenvalue weighted by Crippen LogP contribution is 2.32. The number of rotatable bonds is 11.